The van der Waals surface area contributed by atoms with Gasteiger partial charge >= 0.3 is 0 Å². The highest BCUT2D eigenvalue weighted by molar-refractivity contribution is 6.05. The molecule has 0 saturated carbocycles. The Morgan fingerprint density at radius 3 is 2.39 bits per heavy atom. The van der Waals surface area contributed by atoms with Crippen LogP contribution in [0.2, 0.25) is 0 Å². The third-order valence-corrected chi connectivity index (χ3v) is 6.10. The first kappa shape index (κ1) is 22.7. The van der Waals surface area contributed by atoms with Gasteiger partial charge in [0, 0.05) is 26.1 Å². The largest absolute Gasteiger partial charge is 0.355 e. The number of nitrogens with zero attached hydrogens (tertiary/aromatic N) is 2. The Hall–Kier alpha value is -2.96. The van der Waals surface area contributed by atoms with Gasteiger partial charge in [0.2, 0.25) is 23.6 Å². The normalized spacial score (nSPS) is 21.1. The zero-order chi connectivity index (χ0) is 22.5. The lowest BCUT2D eigenvalue weighted by Gasteiger charge is -2.29. The monoisotopic (exact) mass is 425 g/mol. The molecule has 1 N–H and O–H groups in total. The van der Waals surface area contributed by atoms with Crippen LogP contribution >= 0.6 is 0 Å². The van der Waals surface area contributed by atoms with Gasteiger partial charge in [-0.15, -0.1) is 0 Å². The van der Waals surface area contributed by atoms with E-state index in [4.69, 9.17) is 0 Å². The summed E-state index contributed by atoms with van der Waals surface area (Å²) >= 11 is 0. The van der Waals surface area contributed by atoms with Crippen LogP contribution in [-0.4, -0.2) is 52.6 Å². The van der Waals surface area contributed by atoms with Crippen LogP contribution in [-0.2, 0) is 25.7 Å². The van der Waals surface area contributed by atoms with Gasteiger partial charge in [-0.1, -0.05) is 42.0 Å². The Morgan fingerprint density at radius 1 is 1.16 bits per heavy atom. The maximum atomic E-state index is 13.2. The second kappa shape index (κ2) is 9.90. The van der Waals surface area contributed by atoms with Crippen molar-refractivity contribution >= 4 is 23.6 Å². The lowest BCUT2D eigenvalue weighted by Crippen LogP contribution is -2.48. The number of nitrogens with one attached hydrogen (secondary N) is 1. The average Bonchev–Trinajstić information content (AvgIpc) is 3.00. The number of imide groups is 1. The Morgan fingerprint density at radius 2 is 1.81 bits per heavy atom. The Labute approximate surface area is 183 Å². The maximum Gasteiger partial charge on any atom is 0.242 e. The van der Waals surface area contributed by atoms with Gasteiger partial charge in [0.15, 0.2) is 0 Å². The summed E-state index contributed by atoms with van der Waals surface area (Å²) in [5, 5.41) is 2.76. The molecule has 1 heterocycles. The topological polar surface area (TPSA) is 86.8 Å². The quantitative estimate of drug-likeness (QED) is 0.511. The summed E-state index contributed by atoms with van der Waals surface area (Å²) in [5.74, 6) is -1.46. The second-order valence-corrected chi connectivity index (χ2v) is 8.32. The van der Waals surface area contributed by atoms with Crippen molar-refractivity contribution < 1.29 is 19.2 Å². The van der Waals surface area contributed by atoms with Crippen molar-refractivity contribution in [3.63, 3.8) is 0 Å². The van der Waals surface area contributed by atoms with Crippen molar-refractivity contribution in [2.24, 2.45) is 11.8 Å². The SMILES string of the molecule is CCNC(=O)[C@@H](C)N(Cc1cccc(C)c1)C(=O)CCN1C(=O)[C@H]2CC=CC[C@H]2C1=O. The van der Waals surface area contributed by atoms with Crippen molar-refractivity contribution in [1.82, 2.24) is 15.1 Å². The number of rotatable bonds is 8. The van der Waals surface area contributed by atoms with Crippen LogP contribution in [0.1, 0.15) is 44.2 Å². The minimum Gasteiger partial charge on any atom is -0.355 e. The van der Waals surface area contributed by atoms with Gasteiger partial charge in [-0.25, -0.2) is 0 Å². The van der Waals surface area contributed by atoms with Crippen LogP contribution in [0.5, 0.6) is 0 Å². The number of benzene rings is 1. The molecule has 2 aliphatic rings. The third-order valence-electron chi connectivity index (χ3n) is 6.10. The van der Waals surface area contributed by atoms with Crippen LogP contribution < -0.4 is 5.32 Å². The van der Waals surface area contributed by atoms with Crippen LogP contribution in [0, 0.1) is 18.8 Å². The lowest BCUT2D eigenvalue weighted by molar-refractivity contribution is -0.143. The highest BCUT2D eigenvalue weighted by atomic mass is 16.2. The highest BCUT2D eigenvalue weighted by Crippen LogP contribution is 2.35. The van der Waals surface area contributed by atoms with Gasteiger partial charge in [-0.2, -0.15) is 0 Å². The van der Waals surface area contributed by atoms with E-state index in [0.29, 0.717) is 19.4 Å². The number of carbonyl (C=O) groups is 4. The molecule has 0 unspecified atom stereocenters. The number of allylic oxidation sites excluding steroid dienone is 2. The van der Waals surface area contributed by atoms with Crippen LogP contribution in [0.25, 0.3) is 0 Å². The third kappa shape index (κ3) is 5.03. The number of likely N-dealkylation sites (tertiary alicyclic amines) is 1. The summed E-state index contributed by atoms with van der Waals surface area (Å²) in [5.41, 5.74) is 2.00. The summed E-state index contributed by atoms with van der Waals surface area (Å²) in [7, 11) is 0. The van der Waals surface area contributed by atoms with E-state index in [2.05, 4.69) is 5.32 Å². The van der Waals surface area contributed by atoms with E-state index in [1.54, 1.807) is 6.92 Å². The molecule has 1 saturated heterocycles. The molecule has 166 valence electrons. The maximum absolute atomic E-state index is 13.2. The van der Waals surface area contributed by atoms with Crippen molar-refractivity contribution in [2.75, 3.05) is 13.1 Å². The van der Waals surface area contributed by atoms with Crippen molar-refractivity contribution in [3.8, 4) is 0 Å². The first-order valence-electron chi connectivity index (χ1n) is 11.0. The molecule has 1 aromatic carbocycles. The highest BCUT2D eigenvalue weighted by Gasteiger charge is 2.47. The van der Waals surface area contributed by atoms with Crippen LogP contribution in [0.3, 0.4) is 0 Å². The molecule has 0 spiro atoms. The fourth-order valence-corrected chi connectivity index (χ4v) is 4.35. The summed E-state index contributed by atoms with van der Waals surface area (Å²) in [4.78, 5) is 53.7. The smallest absolute Gasteiger partial charge is 0.242 e. The number of likely N-dealkylation sites (N-methyl/N-ethyl adjacent to an activating group) is 1. The van der Waals surface area contributed by atoms with Gasteiger partial charge in [0.1, 0.15) is 6.04 Å². The molecule has 1 aromatic rings. The second-order valence-electron chi connectivity index (χ2n) is 8.32. The van der Waals surface area contributed by atoms with Crippen molar-refractivity contribution in [1.29, 1.82) is 0 Å². The molecule has 7 nitrogen and oxygen atoms in total. The van der Waals surface area contributed by atoms with Gasteiger partial charge in [-0.05, 0) is 39.2 Å². The zero-order valence-corrected chi connectivity index (χ0v) is 18.5. The average molecular weight is 426 g/mol. The summed E-state index contributed by atoms with van der Waals surface area (Å²) in [6, 6.07) is 7.13. The summed E-state index contributed by atoms with van der Waals surface area (Å²) in [6.45, 7) is 6.32. The fourth-order valence-electron chi connectivity index (χ4n) is 4.35. The van der Waals surface area contributed by atoms with Gasteiger partial charge in [-0.3, -0.25) is 24.1 Å². The fraction of sp³-hybridized carbons (Fsp3) is 0.500. The molecule has 7 heteroatoms. The molecule has 3 atom stereocenters. The summed E-state index contributed by atoms with van der Waals surface area (Å²) in [6.07, 6.45) is 5.04. The molecule has 3 rings (SSSR count). The van der Waals surface area contributed by atoms with E-state index in [-0.39, 0.29) is 55.0 Å². The molecule has 0 radical (unpaired) electrons. The number of aryl methyl sites for hydroxylation is 1. The number of amides is 4. The minimum atomic E-state index is -0.662. The Bertz CT molecular complexity index is 869. The van der Waals surface area contributed by atoms with E-state index >= 15 is 0 Å². The van der Waals surface area contributed by atoms with E-state index in [9.17, 15) is 19.2 Å². The molecule has 1 fully saturated rings. The molecular weight excluding hydrogens is 394 g/mol. The molecule has 1 aliphatic heterocycles. The van der Waals surface area contributed by atoms with Gasteiger partial charge < -0.3 is 10.2 Å². The van der Waals surface area contributed by atoms with Gasteiger partial charge in [0.05, 0.1) is 11.8 Å². The first-order chi connectivity index (χ1) is 14.8. The standard InChI is InChI=1S/C24H31N3O4/c1-4-25-22(29)17(3)27(15-18-9-7-8-16(2)14-18)21(28)12-13-26-23(30)19-10-5-6-11-20(19)24(26)31/h5-9,14,17,19-20H,4,10-13,15H2,1-3H3,(H,25,29)/t17-,19-,20+/m1/s1. The van der Waals surface area contributed by atoms with Crippen molar-refractivity contribution in [3.05, 3.63) is 47.5 Å². The predicted octanol–water partition coefficient (Wildman–Crippen LogP) is 2.19. The number of hydrogen-bond donors (Lipinski definition) is 1. The van der Waals surface area contributed by atoms with Crippen LogP contribution in [0.15, 0.2) is 36.4 Å². The molecule has 31 heavy (non-hydrogen) atoms. The first-order valence-corrected chi connectivity index (χ1v) is 11.0. The lowest BCUT2D eigenvalue weighted by atomic mass is 9.85. The van der Waals surface area contributed by atoms with Gasteiger partial charge in [0.25, 0.3) is 0 Å². The van der Waals surface area contributed by atoms with E-state index in [0.717, 1.165) is 11.1 Å². The number of hydrogen-bond acceptors (Lipinski definition) is 4. The molecular formula is C24H31N3O4. The van der Waals surface area contributed by atoms with Crippen molar-refractivity contribution in [2.45, 2.75) is 52.6 Å². The Balaban J connectivity index is 1.71. The number of carbonyl (C=O) groups excluding carboxylic acids is 4. The zero-order valence-electron chi connectivity index (χ0n) is 18.5. The minimum absolute atomic E-state index is 0.0000900. The molecule has 0 bridgehead atoms. The molecule has 4 amide bonds. The van der Waals surface area contributed by atoms with Crippen LogP contribution in [0.4, 0.5) is 0 Å². The predicted molar refractivity (Wildman–Crippen MR) is 117 cm³/mol. The van der Waals surface area contributed by atoms with E-state index < -0.39 is 6.04 Å². The van der Waals surface area contributed by atoms with E-state index in [1.165, 1.54) is 9.80 Å². The Kier molecular flexibility index (Phi) is 7.25. The molecule has 0 aromatic heterocycles. The number of fused-ring (bicyclic) bond motifs is 1. The van der Waals surface area contributed by atoms with E-state index in [1.807, 2.05) is 50.3 Å². The molecule has 1 aliphatic carbocycles. The summed E-state index contributed by atoms with van der Waals surface area (Å²) < 4.78 is 0.